The number of benzene rings is 1. The van der Waals surface area contributed by atoms with Crippen LogP contribution in [0.5, 0.6) is 0 Å². The third-order valence-corrected chi connectivity index (χ3v) is 4.94. The maximum absolute atomic E-state index is 12.7. The maximum atomic E-state index is 12.7. The van der Waals surface area contributed by atoms with E-state index in [0.717, 1.165) is 15.9 Å². The minimum absolute atomic E-state index is 0.0194. The van der Waals surface area contributed by atoms with E-state index in [-0.39, 0.29) is 10.7 Å². The van der Waals surface area contributed by atoms with Gasteiger partial charge in [-0.3, -0.25) is 4.79 Å². The van der Waals surface area contributed by atoms with E-state index >= 15 is 0 Å². The SMILES string of the molecule is O=C(Nc1cc(Cl)cc(C(F)(F)F)c1)c1cc(Br)sc1Br. The number of nitrogens with one attached hydrogen (secondary N) is 1. The number of alkyl halides is 3. The van der Waals surface area contributed by atoms with Crippen molar-refractivity contribution in [2.45, 2.75) is 6.18 Å². The van der Waals surface area contributed by atoms with Crippen LogP contribution in [0, 0.1) is 0 Å². The summed E-state index contributed by atoms with van der Waals surface area (Å²) in [6, 6.07) is 4.46. The molecule has 0 unspecified atom stereocenters. The van der Waals surface area contributed by atoms with Gasteiger partial charge in [0.2, 0.25) is 0 Å². The van der Waals surface area contributed by atoms with Crippen LogP contribution < -0.4 is 5.32 Å². The van der Waals surface area contributed by atoms with Gasteiger partial charge >= 0.3 is 6.18 Å². The van der Waals surface area contributed by atoms with Crippen molar-refractivity contribution < 1.29 is 18.0 Å². The molecule has 0 spiro atoms. The van der Waals surface area contributed by atoms with Crippen LogP contribution in [0.3, 0.4) is 0 Å². The smallest absolute Gasteiger partial charge is 0.322 e. The Kier molecular flexibility index (Phi) is 5.02. The van der Waals surface area contributed by atoms with Gasteiger partial charge in [0.05, 0.1) is 18.7 Å². The quantitative estimate of drug-likeness (QED) is 0.565. The molecule has 2 nitrogen and oxygen atoms in total. The van der Waals surface area contributed by atoms with E-state index in [4.69, 9.17) is 11.6 Å². The lowest BCUT2D eigenvalue weighted by Crippen LogP contribution is -2.13. The summed E-state index contributed by atoms with van der Waals surface area (Å²) >= 11 is 13.4. The fourth-order valence-electron chi connectivity index (χ4n) is 1.52. The van der Waals surface area contributed by atoms with Crippen molar-refractivity contribution in [3.8, 4) is 0 Å². The summed E-state index contributed by atoms with van der Waals surface area (Å²) in [5.74, 6) is -0.529. The zero-order valence-corrected chi connectivity index (χ0v) is 14.6. The van der Waals surface area contributed by atoms with E-state index in [0.29, 0.717) is 9.35 Å². The molecule has 0 aliphatic rings. The van der Waals surface area contributed by atoms with Gasteiger partial charge in [-0.2, -0.15) is 13.2 Å². The van der Waals surface area contributed by atoms with Crippen molar-refractivity contribution in [2.75, 3.05) is 5.32 Å². The lowest BCUT2D eigenvalue weighted by molar-refractivity contribution is -0.137. The molecule has 1 aromatic carbocycles. The van der Waals surface area contributed by atoms with E-state index in [2.05, 4.69) is 37.2 Å². The summed E-state index contributed by atoms with van der Waals surface area (Å²) in [7, 11) is 0. The number of hydrogen-bond donors (Lipinski definition) is 1. The van der Waals surface area contributed by atoms with Crippen LogP contribution >= 0.6 is 54.8 Å². The third-order valence-electron chi connectivity index (χ3n) is 2.38. The molecule has 1 heterocycles. The Labute approximate surface area is 143 Å². The van der Waals surface area contributed by atoms with Crippen LogP contribution in [-0.4, -0.2) is 5.91 Å². The minimum Gasteiger partial charge on any atom is -0.322 e. The monoisotopic (exact) mass is 461 g/mol. The first-order valence-electron chi connectivity index (χ1n) is 5.31. The first kappa shape index (κ1) is 16.8. The van der Waals surface area contributed by atoms with Gasteiger partial charge in [0.1, 0.15) is 0 Å². The molecule has 0 radical (unpaired) electrons. The summed E-state index contributed by atoms with van der Waals surface area (Å²) in [5, 5.41) is 2.29. The van der Waals surface area contributed by atoms with Crippen LogP contribution in [0.1, 0.15) is 15.9 Å². The number of halogens is 6. The minimum atomic E-state index is -4.53. The molecule has 1 aromatic heterocycles. The number of amides is 1. The topological polar surface area (TPSA) is 29.1 Å². The first-order valence-corrected chi connectivity index (χ1v) is 8.09. The number of anilines is 1. The van der Waals surface area contributed by atoms with E-state index in [1.807, 2.05) is 0 Å². The highest BCUT2D eigenvalue weighted by molar-refractivity contribution is 9.12. The second-order valence-electron chi connectivity index (χ2n) is 3.92. The Balaban J connectivity index is 2.29. The van der Waals surface area contributed by atoms with Gasteiger partial charge in [0.15, 0.2) is 0 Å². The maximum Gasteiger partial charge on any atom is 0.416 e. The van der Waals surface area contributed by atoms with Gasteiger partial charge in [-0.25, -0.2) is 0 Å². The molecule has 0 aliphatic heterocycles. The molecule has 21 heavy (non-hydrogen) atoms. The molecule has 0 fully saturated rings. The van der Waals surface area contributed by atoms with Gasteiger partial charge in [0, 0.05) is 10.7 Å². The van der Waals surface area contributed by atoms with E-state index in [1.54, 1.807) is 6.07 Å². The predicted molar refractivity (Wildman–Crippen MR) is 84.1 cm³/mol. The van der Waals surface area contributed by atoms with Crippen LogP contribution in [0.2, 0.25) is 5.02 Å². The fourth-order valence-corrected chi connectivity index (χ4v) is 4.55. The summed E-state index contributed by atoms with van der Waals surface area (Å²) in [6.07, 6.45) is -4.53. The Hall–Kier alpha value is -0.570. The number of rotatable bonds is 2. The molecule has 2 aromatic rings. The van der Waals surface area contributed by atoms with Gasteiger partial charge in [-0.15, -0.1) is 11.3 Å². The van der Waals surface area contributed by atoms with E-state index < -0.39 is 17.6 Å². The lowest BCUT2D eigenvalue weighted by atomic mass is 10.2. The van der Waals surface area contributed by atoms with Crippen molar-refractivity contribution in [2.24, 2.45) is 0 Å². The molecular formula is C12H5Br2ClF3NOS. The van der Waals surface area contributed by atoms with E-state index in [1.165, 1.54) is 17.4 Å². The Morgan fingerprint density at radius 3 is 2.38 bits per heavy atom. The largest absolute Gasteiger partial charge is 0.416 e. The normalized spacial score (nSPS) is 11.5. The Morgan fingerprint density at radius 1 is 1.19 bits per heavy atom. The highest BCUT2D eigenvalue weighted by atomic mass is 79.9. The standard InChI is InChI=1S/C12H5Br2ClF3NOS/c13-9-4-8(10(14)21-9)11(20)19-7-2-5(12(16,17)18)1-6(15)3-7/h1-4H,(H,19,20). The molecule has 1 N–H and O–H groups in total. The van der Waals surface area contributed by atoms with Gasteiger partial charge in [0.25, 0.3) is 5.91 Å². The summed E-state index contributed by atoms with van der Waals surface area (Å²) in [5.41, 5.74) is -0.620. The Bertz CT molecular complexity index is 702. The molecule has 0 aliphatic carbocycles. The molecular weight excluding hydrogens is 458 g/mol. The highest BCUT2D eigenvalue weighted by Crippen LogP contribution is 2.35. The molecule has 0 atom stereocenters. The number of hydrogen-bond acceptors (Lipinski definition) is 2. The van der Waals surface area contributed by atoms with Crippen molar-refractivity contribution in [1.82, 2.24) is 0 Å². The second kappa shape index (κ2) is 6.28. The van der Waals surface area contributed by atoms with Gasteiger partial charge in [-0.05, 0) is 56.1 Å². The summed E-state index contributed by atoms with van der Waals surface area (Å²) in [4.78, 5) is 12.0. The second-order valence-corrected chi connectivity index (χ2v) is 8.10. The van der Waals surface area contributed by atoms with Crippen molar-refractivity contribution in [1.29, 1.82) is 0 Å². The fraction of sp³-hybridized carbons (Fsp3) is 0.0833. The number of thiophene rings is 1. The molecule has 112 valence electrons. The Morgan fingerprint density at radius 2 is 1.86 bits per heavy atom. The third kappa shape index (κ3) is 4.21. The predicted octanol–water partition coefficient (Wildman–Crippen LogP) is 6.20. The molecule has 0 saturated carbocycles. The van der Waals surface area contributed by atoms with Crippen molar-refractivity contribution >= 4 is 66.4 Å². The lowest BCUT2D eigenvalue weighted by Gasteiger charge is -2.10. The number of carbonyl (C=O) groups excluding carboxylic acids is 1. The highest BCUT2D eigenvalue weighted by Gasteiger charge is 2.31. The van der Waals surface area contributed by atoms with E-state index in [9.17, 15) is 18.0 Å². The first-order chi connectivity index (χ1) is 9.66. The molecule has 9 heteroatoms. The molecule has 0 saturated heterocycles. The van der Waals surface area contributed by atoms with Crippen LogP contribution in [0.25, 0.3) is 0 Å². The summed E-state index contributed by atoms with van der Waals surface area (Å²) < 4.78 is 39.4. The zero-order chi connectivity index (χ0) is 15.8. The van der Waals surface area contributed by atoms with Crippen molar-refractivity contribution in [3.05, 3.63) is 48.0 Å². The van der Waals surface area contributed by atoms with Gasteiger partial charge in [-0.1, -0.05) is 11.6 Å². The number of carbonyl (C=O) groups is 1. The average Bonchev–Trinajstić information content (AvgIpc) is 2.66. The summed E-state index contributed by atoms with van der Waals surface area (Å²) in [6.45, 7) is 0. The van der Waals surface area contributed by atoms with Crippen LogP contribution in [0.15, 0.2) is 31.8 Å². The van der Waals surface area contributed by atoms with Crippen LogP contribution in [0.4, 0.5) is 18.9 Å². The molecule has 2 rings (SSSR count). The zero-order valence-electron chi connectivity index (χ0n) is 9.89. The molecule has 0 bridgehead atoms. The van der Waals surface area contributed by atoms with Crippen LogP contribution in [-0.2, 0) is 6.18 Å². The average molecular weight is 464 g/mol. The molecule has 1 amide bonds. The van der Waals surface area contributed by atoms with Gasteiger partial charge < -0.3 is 5.32 Å². The van der Waals surface area contributed by atoms with Crippen molar-refractivity contribution in [3.63, 3.8) is 0 Å².